The predicted molar refractivity (Wildman–Crippen MR) is 96.9 cm³/mol. The van der Waals surface area contributed by atoms with Crippen LogP contribution in [0.3, 0.4) is 0 Å². The van der Waals surface area contributed by atoms with Crippen molar-refractivity contribution in [2.24, 2.45) is 4.99 Å². The number of aromatic nitrogens is 1. The molecule has 22 heavy (non-hydrogen) atoms. The summed E-state index contributed by atoms with van der Waals surface area (Å²) in [4.78, 5) is 17.7. The third kappa shape index (κ3) is 3.10. The van der Waals surface area contributed by atoms with E-state index < -0.39 is 0 Å². The highest BCUT2D eigenvalue weighted by molar-refractivity contribution is 9.10. The van der Waals surface area contributed by atoms with E-state index in [0.29, 0.717) is 20.6 Å². The van der Waals surface area contributed by atoms with Gasteiger partial charge in [-0.3, -0.25) is 4.79 Å². The molecule has 1 aromatic carbocycles. The molecule has 0 radical (unpaired) electrons. The predicted octanol–water partition coefficient (Wildman–Crippen LogP) is 5.11. The van der Waals surface area contributed by atoms with Crippen LogP contribution in [-0.4, -0.2) is 10.5 Å². The molecule has 0 fully saturated rings. The molecule has 0 bridgehead atoms. The van der Waals surface area contributed by atoms with Gasteiger partial charge < -0.3 is 4.57 Å². The van der Waals surface area contributed by atoms with Gasteiger partial charge in [-0.05, 0) is 30.3 Å². The lowest BCUT2D eigenvalue weighted by Crippen LogP contribution is -2.15. The lowest BCUT2D eigenvalue weighted by atomic mass is 10.3. The Balaban J connectivity index is 2.16. The summed E-state index contributed by atoms with van der Waals surface area (Å²) < 4.78 is 4.62. The van der Waals surface area contributed by atoms with Crippen LogP contribution >= 0.6 is 50.2 Å². The number of carbonyl (C=O) groups is 1. The molecule has 0 aliphatic heterocycles. The second-order valence-electron chi connectivity index (χ2n) is 4.42. The Hall–Kier alpha value is -1.21. The Bertz CT molecular complexity index is 939. The van der Waals surface area contributed by atoms with Crippen molar-refractivity contribution in [3.63, 3.8) is 0 Å². The largest absolute Gasteiger partial charge is 0.312 e. The van der Waals surface area contributed by atoms with E-state index in [1.54, 1.807) is 18.2 Å². The van der Waals surface area contributed by atoms with Crippen LogP contribution in [0.25, 0.3) is 10.2 Å². The molecule has 3 rings (SSSR count). The van der Waals surface area contributed by atoms with E-state index in [4.69, 9.17) is 11.6 Å². The molecule has 7 heteroatoms. The topological polar surface area (TPSA) is 34.4 Å². The molecule has 0 unspecified atom stereocenters. The minimum Gasteiger partial charge on any atom is -0.312 e. The second-order valence-corrected chi connectivity index (χ2v) is 8.06. The van der Waals surface area contributed by atoms with Gasteiger partial charge in [0, 0.05) is 11.0 Å². The minimum atomic E-state index is -0.277. The van der Waals surface area contributed by atoms with E-state index in [9.17, 15) is 4.79 Å². The Kier molecular flexibility index (Phi) is 4.63. The number of rotatable bonds is 3. The number of carbonyl (C=O) groups excluding carboxylic acids is 1. The number of thiazole rings is 1. The van der Waals surface area contributed by atoms with Crippen molar-refractivity contribution in [2.45, 2.75) is 6.54 Å². The fourth-order valence-corrected chi connectivity index (χ4v) is 4.53. The maximum absolute atomic E-state index is 12.3. The molecule has 0 spiro atoms. The van der Waals surface area contributed by atoms with Crippen molar-refractivity contribution in [3.8, 4) is 0 Å². The van der Waals surface area contributed by atoms with Crippen molar-refractivity contribution in [1.82, 2.24) is 4.57 Å². The first-order chi connectivity index (χ1) is 10.6. The zero-order valence-electron chi connectivity index (χ0n) is 11.3. The quantitative estimate of drug-likeness (QED) is 0.550. The molecule has 2 aromatic heterocycles. The third-order valence-electron chi connectivity index (χ3n) is 2.94. The molecule has 0 aliphatic rings. The van der Waals surface area contributed by atoms with Gasteiger partial charge in [-0.25, -0.2) is 0 Å². The number of halogens is 2. The molecule has 0 atom stereocenters. The Morgan fingerprint density at radius 2 is 2.18 bits per heavy atom. The van der Waals surface area contributed by atoms with E-state index in [0.717, 1.165) is 14.7 Å². The van der Waals surface area contributed by atoms with Crippen LogP contribution in [0.1, 0.15) is 9.67 Å². The van der Waals surface area contributed by atoms with Crippen LogP contribution in [0.2, 0.25) is 4.34 Å². The van der Waals surface area contributed by atoms with Gasteiger partial charge in [0.1, 0.15) is 0 Å². The molecule has 0 saturated heterocycles. The summed E-state index contributed by atoms with van der Waals surface area (Å²) in [6.45, 7) is 4.37. The van der Waals surface area contributed by atoms with Crippen LogP contribution < -0.4 is 4.80 Å². The lowest BCUT2D eigenvalue weighted by molar-refractivity contribution is 0.100. The van der Waals surface area contributed by atoms with Gasteiger partial charge in [-0.2, -0.15) is 4.99 Å². The van der Waals surface area contributed by atoms with Crippen LogP contribution in [0.15, 0.2) is 52.5 Å². The number of nitrogens with zero attached hydrogens (tertiary/aromatic N) is 2. The monoisotopic (exact) mass is 412 g/mol. The highest BCUT2D eigenvalue weighted by atomic mass is 79.9. The average Bonchev–Trinajstić information content (AvgIpc) is 3.04. The number of amides is 1. The number of thiophene rings is 1. The summed E-state index contributed by atoms with van der Waals surface area (Å²) in [5.74, 6) is -0.277. The number of benzene rings is 1. The van der Waals surface area contributed by atoms with Crippen LogP contribution in [0, 0.1) is 0 Å². The lowest BCUT2D eigenvalue weighted by Gasteiger charge is -2.00. The molecular weight excluding hydrogens is 404 g/mol. The zero-order chi connectivity index (χ0) is 15.7. The number of fused-ring (bicyclic) bond motifs is 1. The molecule has 0 aliphatic carbocycles. The van der Waals surface area contributed by atoms with Gasteiger partial charge in [0.2, 0.25) is 0 Å². The van der Waals surface area contributed by atoms with Gasteiger partial charge in [0.15, 0.2) is 4.80 Å². The van der Waals surface area contributed by atoms with E-state index in [1.807, 2.05) is 22.8 Å². The number of allylic oxidation sites excluding steroid dienone is 1. The number of hydrogen-bond donors (Lipinski definition) is 0. The maximum Gasteiger partial charge on any atom is 0.289 e. The fourth-order valence-electron chi connectivity index (χ4n) is 2.01. The van der Waals surface area contributed by atoms with E-state index >= 15 is 0 Å². The van der Waals surface area contributed by atoms with Gasteiger partial charge in [-0.1, -0.05) is 44.9 Å². The van der Waals surface area contributed by atoms with E-state index in [-0.39, 0.29) is 5.91 Å². The fraction of sp³-hybridized carbons (Fsp3) is 0.0667. The van der Waals surface area contributed by atoms with Crippen molar-refractivity contribution < 1.29 is 4.79 Å². The smallest absolute Gasteiger partial charge is 0.289 e. The molecule has 0 saturated carbocycles. The Morgan fingerprint density at radius 3 is 2.86 bits per heavy atom. The molecule has 0 N–H and O–H groups in total. The standard InChI is InChI=1S/C15H10BrClN2OS2/c1-2-7-19-10-4-3-9(16)8-12(10)22-15(19)18-14(20)11-5-6-13(17)21-11/h2-6,8H,1,7H2. The first kappa shape index (κ1) is 15.7. The Morgan fingerprint density at radius 1 is 1.36 bits per heavy atom. The molecular formula is C15H10BrClN2OS2. The van der Waals surface area contributed by atoms with Crippen LogP contribution in [-0.2, 0) is 6.54 Å². The second kappa shape index (κ2) is 6.50. The summed E-state index contributed by atoms with van der Waals surface area (Å²) in [6.07, 6.45) is 1.79. The molecule has 112 valence electrons. The molecule has 1 amide bonds. The molecule has 2 heterocycles. The van der Waals surface area contributed by atoms with E-state index in [2.05, 4.69) is 27.5 Å². The van der Waals surface area contributed by atoms with Crippen LogP contribution in [0.5, 0.6) is 0 Å². The molecule has 3 aromatic rings. The van der Waals surface area contributed by atoms with Crippen molar-refractivity contribution in [3.05, 3.63) is 61.5 Å². The summed E-state index contributed by atoms with van der Waals surface area (Å²) in [5, 5.41) is 0. The molecule has 3 nitrogen and oxygen atoms in total. The van der Waals surface area contributed by atoms with Gasteiger partial charge in [0.05, 0.1) is 19.4 Å². The third-order valence-corrected chi connectivity index (χ3v) is 5.69. The van der Waals surface area contributed by atoms with Gasteiger partial charge >= 0.3 is 0 Å². The van der Waals surface area contributed by atoms with Crippen LogP contribution in [0.4, 0.5) is 0 Å². The van der Waals surface area contributed by atoms with E-state index in [1.165, 1.54) is 22.7 Å². The van der Waals surface area contributed by atoms with Gasteiger partial charge in [0.25, 0.3) is 5.91 Å². The van der Waals surface area contributed by atoms with Crippen molar-refractivity contribution in [1.29, 1.82) is 0 Å². The van der Waals surface area contributed by atoms with Gasteiger partial charge in [-0.15, -0.1) is 17.9 Å². The first-order valence-corrected chi connectivity index (χ1v) is 9.13. The highest BCUT2D eigenvalue weighted by Gasteiger charge is 2.10. The van der Waals surface area contributed by atoms with Crippen molar-refractivity contribution >= 4 is 66.3 Å². The Labute approximate surface area is 148 Å². The summed E-state index contributed by atoms with van der Waals surface area (Å²) in [5.41, 5.74) is 1.03. The van der Waals surface area contributed by atoms with Crippen molar-refractivity contribution in [2.75, 3.05) is 0 Å². The summed E-state index contributed by atoms with van der Waals surface area (Å²) >= 11 is 12.0. The normalized spacial score (nSPS) is 12.0. The minimum absolute atomic E-state index is 0.277. The zero-order valence-corrected chi connectivity index (χ0v) is 15.2. The first-order valence-electron chi connectivity index (χ1n) is 6.32. The summed E-state index contributed by atoms with van der Waals surface area (Å²) in [6, 6.07) is 9.39. The number of hydrogen-bond acceptors (Lipinski definition) is 3. The SMILES string of the molecule is C=CCn1c(=NC(=O)c2ccc(Cl)s2)sc2cc(Br)ccc21. The highest BCUT2D eigenvalue weighted by Crippen LogP contribution is 2.24. The summed E-state index contributed by atoms with van der Waals surface area (Å²) in [7, 11) is 0. The average molecular weight is 414 g/mol. The maximum atomic E-state index is 12.3.